The minimum absolute atomic E-state index is 0.356. The van der Waals surface area contributed by atoms with Crippen molar-refractivity contribution in [2.75, 3.05) is 5.32 Å². The van der Waals surface area contributed by atoms with Crippen molar-refractivity contribution >= 4 is 36.2 Å². The summed E-state index contributed by atoms with van der Waals surface area (Å²) in [5, 5.41) is 28.1. The lowest BCUT2D eigenvalue weighted by Crippen LogP contribution is -2.40. The van der Waals surface area contributed by atoms with Crippen LogP contribution in [0.4, 0.5) is 11.6 Å². The number of aromatic nitrogens is 7. The molecule has 4 aromatic rings. The summed E-state index contributed by atoms with van der Waals surface area (Å²) >= 11 is 6.60. The molecule has 9 nitrogen and oxygen atoms in total. The number of hydrogen-bond donors (Lipinski definition) is 2. The molecule has 1 aliphatic heterocycles. The number of halogens is 1. The Hall–Kier alpha value is -3.11. The van der Waals surface area contributed by atoms with Crippen molar-refractivity contribution in [3.05, 3.63) is 41.8 Å². The zero-order valence-corrected chi connectivity index (χ0v) is 21.2. The smallest absolute Gasteiger partial charge is 0.241 e. The highest BCUT2D eigenvalue weighted by molar-refractivity contribution is 6.52. The van der Waals surface area contributed by atoms with Crippen LogP contribution in [0, 0.1) is 5.92 Å². The van der Waals surface area contributed by atoms with Crippen LogP contribution in [-0.2, 0) is 20.1 Å². The molecule has 0 aromatic carbocycles. The van der Waals surface area contributed by atoms with Crippen molar-refractivity contribution in [2.45, 2.75) is 57.6 Å². The SMILES string of the molecule is Cn1nccc1Nc1cc(-c2cc3n(c2)CCCn2c(B[C@H](O)C4CCCCC4)nnc2-3)c(Cl)cn1. The molecular formula is C25H30BClN8O. The van der Waals surface area contributed by atoms with E-state index in [2.05, 4.69) is 47.0 Å². The Kier molecular flexibility index (Phi) is 6.31. The average Bonchev–Trinajstić information content (AvgIpc) is 3.58. The fraction of sp³-hybridized carbons (Fsp3) is 0.440. The van der Waals surface area contributed by atoms with E-state index in [4.69, 9.17) is 11.6 Å². The number of hydrogen-bond acceptors (Lipinski definition) is 6. The van der Waals surface area contributed by atoms with Crippen LogP contribution >= 0.6 is 11.6 Å². The normalized spacial score (nSPS) is 16.8. The van der Waals surface area contributed by atoms with Gasteiger partial charge >= 0.3 is 0 Å². The number of pyridine rings is 1. The molecule has 5 heterocycles. The number of aliphatic hydroxyl groups excluding tert-OH is 1. The lowest BCUT2D eigenvalue weighted by Gasteiger charge is -2.26. The van der Waals surface area contributed by atoms with E-state index in [1.165, 1.54) is 19.3 Å². The second-order valence-corrected chi connectivity index (χ2v) is 10.3. The molecule has 0 spiro atoms. The number of aryl methyl sites for hydroxylation is 2. The van der Waals surface area contributed by atoms with E-state index >= 15 is 0 Å². The molecule has 36 heavy (non-hydrogen) atoms. The fourth-order valence-corrected chi connectivity index (χ4v) is 5.78. The van der Waals surface area contributed by atoms with Gasteiger partial charge in [0, 0.05) is 55.7 Å². The molecular weight excluding hydrogens is 475 g/mol. The number of aliphatic hydroxyl groups is 1. The number of nitrogens with one attached hydrogen (secondary N) is 1. The van der Waals surface area contributed by atoms with Gasteiger partial charge in [-0.15, -0.1) is 10.2 Å². The van der Waals surface area contributed by atoms with Crippen molar-refractivity contribution in [3.63, 3.8) is 0 Å². The van der Waals surface area contributed by atoms with Crippen LogP contribution in [0.2, 0.25) is 5.02 Å². The maximum Gasteiger partial charge on any atom is 0.241 e. The molecule has 6 rings (SSSR count). The Balaban J connectivity index is 1.29. The first-order chi connectivity index (χ1) is 17.6. The van der Waals surface area contributed by atoms with Gasteiger partial charge in [0.2, 0.25) is 7.28 Å². The van der Waals surface area contributed by atoms with Crippen LogP contribution in [-0.4, -0.2) is 52.5 Å². The molecule has 2 N–H and O–H groups in total. The average molecular weight is 505 g/mol. The van der Waals surface area contributed by atoms with E-state index in [-0.39, 0.29) is 6.00 Å². The Morgan fingerprint density at radius 1 is 1.14 bits per heavy atom. The van der Waals surface area contributed by atoms with E-state index in [9.17, 15) is 5.11 Å². The van der Waals surface area contributed by atoms with Crippen LogP contribution in [0.25, 0.3) is 22.6 Å². The third-order valence-corrected chi connectivity index (χ3v) is 7.86. The first-order valence-electron chi connectivity index (χ1n) is 12.8. The molecule has 0 radical (unpaired) electrons. The standard InChI is InChI=1S/C25H30BClN8O/c1-33-22(8-9-29-33)30-21-13-18(19(27)14-28-21)17-12-20-24-31-32-25(35(24)11-5-10-34(20)15-17)26-23(36)16-6-3-2-4-7-16/h8-9,12-16,23,26,36H,2-7,10-11H2,1H3,(H,28,30)/t23-/m1/s1. The van der Waals surface area contributed by atoms with Crippen LogP contribution < -0.4 is 11.0 Å². The van der Waals surface area contributed by atoms with Crippen LogP contribution in [0.1, 0.15) is 38.5 Å². The second kappa shape index (κ2) is 9.74. The highest BCUT2D eigenvalue weighted by Crippen LogP contribution is 2.35. The van der Waals surface area contributed by atoms with Gasteiger partial charge in [0.25, 0.3) is 0 Å². The zero-order valence-electron chi connectivity index (χ0n) is 20.4. The lowest BCUT2D eigenvalue weighted by atomic mass is 9.62. The minimum Gasteiger partial charge on any atom is -0.401 e. The molecule has 4 aromatic heterocycles. The van der Waals surface area contributed by atoms with Gasteiger partial charge in [-0.2, -0.15) is 5.10 Å². The predicted octanol–water partition coefficient (Wildman–Crippen LogP) is 3.30. The van der Waals surface area contributed by atoms with Crippen molar-refractivity contribution in [1.29, 1.82) is 0 Å². The Labute approximate surface area is 215 Å². The van der Waals surface area contributed by atoms with Crippen molar-refractivity contribution < 1.29 is 5.11 Å². The number of nitrogens with zero attached hydrogens (tertiary/aromatic N) is 7. The van der Waals surface area contributed by atoms with Gasteiger partial charge in [0.1, 0.15) is 11.6 Å². The molecule has 0 bridgehead atoms. The second-order valence-electron chi connectivity index (χ2n) is 9.94. The lowest BCUT2D eigenvalue weighted by molar-refractivity contribution is 0.150. The monoisotopic (exact) mass is 504 g/mol. The summed E-state index contributed by atoms with van der Waals surface area (Å²) in [6, 6.07) is 5.63. The molecule has 1 aliphatic carbocycles. The Morgan fingerprint density at radius 2 is 2.00 bits per heavy atom. The summed E-state index contributed by atoms with van der Waals surface area (Å²) in [5.41, 5.74) is 3.80. The molecule has 0 unspecified atom stereocenters. The van der Waals surface area contributed by atoms with E-state index in [1.807, 2.05) is 19.2 Å². The largest absolute Gasteiger partial charge is 0.401 e. The molecule has 1 atom stereocenters. The quantitative estimate of drug-likeness (QED) is 0.391. The van der Waals surface area contributed by atoms with E-state index in [0.29, 0.717) is 24.0 Å². The summed E-state index contributed by atoms with van der Waals surface area (Å²) in [4.78, 5) is 4.44. The van der Waals surface area contributed by atoms with Gasteiger partial charge in [-0.3, -0.25) is 4.68 Å². The van der Waals surface area contributed by atoms with E-state index in [1.54, 1.807) is 17.1 Å². The Bertz CT molecular complexity index is 1370. The minimum atomic E-state index is -0.356. The van der Waals surface area contributed by atoms with Gasteiger partial charge in [-0.25, -0.2) is 4.98 Å². The molecule has 0 saturated heterocycles. The molecule has 2 aliphatic rings. The molecule has 11 heteroatoms. The predicted molar refractivity (Wildman–Crippen MR) is 142 cm³/mol. The first kappa shape index (κ1) is 23.3. The summed E-state index contributed by atoms with van der Waals surface area (Å²) in [6.07, 6.45) is 12.4. The van der Waals surface area contributed by atoms with Crippen LogP contribution in [0.3, 0.4) is 0 Å². The highest BCUT2D eigenvalue weighted by Gasteiger charge is 2.28. The third-order valence-electron chi connectivity index (χ3n) is 7.56. The van der Waals surface area contributed by atoms with Crippen LogP contribution in [0.5, 0.6) is 0 Å². The van der Waals surface area contributed by atoms with E-state index in [0.717, 1.165) is 66.5 Å². The topological polar surface area (TPSA) is 98.6 Å². The third kappa shape index (κ3) is 4.44. The van der Waals surface area contributed by atoms with Gasteiger partial charge < -0.3 is 19.6 Å². The summed E-state index contributed by atoms with van der Waals surface area (Å²) in [5.74, 6) is 2.76. The van der Waals surface area contributed by atoms with Crippen molar-refractivity contribution in [2.24, 2.45) is 13.0 Å². The van der Waals surface area contributed by atoms with Gasteiger partial charge in [-0.1, -0.05) is 30.9 Å². The Morgan fingerprint density at radius 3 is 2.81 bits per heavy atom. The number of rotatable bonds is 6. The molecule has 1 saturated carbocycles. The van der Waals surface area contributed by atoms with Crippen molar-refractivity contribution in [3.8, 4) is 22.6 Å². The molecule has 186 valence electrons. The number of fused-ring (bicyclic) bond motifs is 3. The van der Waals surface area contributed by atoms with Crippen LogP contribution in [0.15, 0.2) is 36.8 Å². The van der Waals surface area contributed by atoms with Gasteiger partial charge in [0.05, 0.1) is 22.6 Å². The van der Waals surface area contributed by atoms with Crippen molar-refractivity contribution in [1.82, 2.24) is 34.1 Å². The number of anilines is 2. The van der Waals surface area contributed by atoms with Gasteiger partial charge in [-0.05, 0) is 37.3 Å². The highest BCUT2D eigenvalue weighted by atomic mass is 35.5. The maximum absolute atomic E-state index is 10.9. The molecule has 1 fully saturated rings. The summed E-state index contributed by atoms with van der Waals surface area (Å²) in [6.45, 7) is 1.73. The fourth-order valence-electron chi connectivity index (χ4n) is 5.57. The summed E-state index contributed by atoms with van der Waals surface area (Å²) < 4.78 is 6.18. The maximum atomic E-state index is 10.9. The molecule has 0 amide bonds. The summed E-state index contributed by atoms with van der Waals surface area (Å²) in [7, 11) is 2.44. The van der Waals surface area contributed by atoms with E-state index < -0.39 is 0 Å². The van der Waals surface area contributed by atoms with Gasteiger partial charge in [0.15, 0.2) is 5.82 Å². The zero-order chi connectivity index (χ0) is 24.6. The first-order valence-corrected chi connectivity index (χ1v) is 13.2.